The molecule has 7 heteroatoms. The van der Waals surface area contributed by atoms with Crippen LogP contribution < -0.4 is 5.32 Å². The molecule has 0 aliphatic carbocycles. The summed E-state index contributed by atoms with van der Waals surface area (Å²) in [4.78, 5) is 40.5. The van der Waals surface area contributed by atoms with Crippen molar-refractivity contribution in [2.45, 2.75) is 86.7 Å². The van der Waals surface area contributed by atoms with Crippen molar-refractivity contribution >= 4 is 17.8 Å². The molecular weight excluding hydrogens is 428 g/mol. The van der Waals surface area contributed by atoms with Crippen molar-refractivity contribution in [3.8, 4) is 0 Å². The summed E-state index contributed by atoms with van der Waals surface area (Å²) in [5.41, 5.74) is 1.32. The van der Waals surface area contributed by atoms with Crippen LogP contribution >= 0.6 is 0 Å². The fourth-order valence-electron chi connectivity index (χ4n) is 3.64. The number of imide groups is 1. The molecule has 1 aromatic carbocycles. The summed E-state index contributed by atoms with van der Waals surface area (Å²) in [5, 5.41) is 2.62. The number of carbonyl (C=O) groups excluding carboxylic acids is 3. The first-order valence-electron chi connectivity index (χ1n) is 12.9. The maximum atomic E-state index is 12.3. The monoisotopic (exact) mass is 478 g/mol. The molecule has 2 saturated heterocycles. The van der Waals surface area contributed by atoms with E-state index >= 15 is 0 Å². The van der Waals surface area contributed by atoms with E-state index < -0.39 is 0 Å². The smallest absolute Gasteiger partial charge is 0.326 e. The van der Waals surface area contributed by atoms with Crippen molar-refractivity contribution in [1.82, 2.24) is 20.0 Å². The van der Waals surface area contributed by atoms with Crippen LogP contribution in [0.15, 0.2) is 30.3 Å². The Labute approximate surface area is 208 Å². The number of hydrogen-bond acceptors (Lipinski definition) is 4. The predicted octanol–water partition coefficient (Wildman–Crippen LogP) is 4.94. The van der Waals surface area contributed by atoms with Gasteiger partial charge in [0.25, 0.3) is 0 Å². The van der Waals surface area contributed by atoms with Crippen LogP contribution in [0.25, 0.3) is 0 Å². The Morgan fingerprint density at radius 1 is 0.971 bits per heavy atom. The molecule has 2 aliphatic heterocycles. The molecule has 3 rings (SSSR count). The van der Waals surface area contributed by atoms with Crippen molar-refractivity contribution in [2.75, 3.05) is 33.7 Å². The minimum atomic E-state index is -0.191. The van der Waals surface area contributed by atoms with Crippen molar-refractivity contribution in [3.63, 3.8) is 0 Å². The minimum Gasteiger partial charge on any atom is -0.358 e. The van der Waals surface area contributed by atoms with Gasteiger partial charge in [-0.05, 0) is 26.7 Å². The van der Waals surface area contributed by atoms with Crippen molar-refractivity contribution in [3.05, 3.63) is 35.9 Å². The lowest BCUT2D eigenvalue weighted by Crippen LogP contribution is -2.60. The van der Waals surface area contributed by atoms with Crippen molar-refractivity contribution in [2.24, 2.45) is 0 Å². The number of urea groups is 1. The van der Waals surface area contributed by atoms with Crippen LogP contribution in [0.1, 0.15) is 73.3 Å². The van der Waals surface area contributed by atoms with Gasteiger partial charge in [-0.3, -0.25) is 19.4 Å². The summed E-state index contributed by atoms with van der Waals surface area (Å²) in [6, 6.07) is 10.2. The molecule has 1 aromatic rings. The fourth-order valence-corrected chi connectivity index (χ4v) is 3.64. The molecule has 4 amide bonds. The molecule has 7 nitrogen and oxygen atoms in total. The second kappa shape index (κ2) is 20.0. The van der Waals surface area contributed by atoms with Crippen LogP contribution in [0.3, 0.4) is 0 Å². The lowest BCUT2D eigenvalue weighted by atomic mass is 9.99. The molecule has 2 heterocycles. The average molecular weight is 479 g/mol. The third kappa shape index (κ3) is 11.6. The van der Waals surface area contributed by atoms with E-state index in [1.54, 1.807) is 14.1 Å². The molecule has 1 atom stereocenters. The third-order valence-electron chi connectivity index (χ3n) is 5.36. The Morgan fingerprint density at radius 2 is 1.47 bits per heavy atom. The van der Waals surface area contributed by atoms with Crippen LogP contribution in [0.5, 0.6) is 0 Å². The van der Waals surface area contributed by atoms with Crippen molar-refractivity contribution in [1.29, 1.82) is 0 Å². The molecule has 0 saturated carbocycles. The van der Waals surface area contributed by atoms with E-state index in [4.69, 9.17) is 0 Å². The highest BCUT2D eigenvalue weighted by molar-refractivity contribution is 5.97. The maximum absolute atomic E-state index is 12.3. The summed E-state index contributed by atoms with van der Waals surface area (Å²) < 4.78 is 0. The molecular formula is C27H50N4O3. The first-order chi connectivity index (χ1) is 16.3. The number of amides is 4. The molecule has 0 aromatic heterocycles. The second-order valence-electron chi connectivity index (χ2n) is 7.53. The zero-order valence-corrected chi connectivity index (χ0v) is 23.4. The first-order valence-corrected chi connectivity index (χ1v) is 12.9. The van der Waals surface area contributed by atoms with Crippen LogP contribution in [0, 0.1) is 6.92 Å². The number of nitrogens with one attached hydrogen (secondary N) is 1. The molecule has 2 aliphatic rings. The van der Waals surface area contributed by atoms with Crippen LogP contribution in [-0.2, 0) is 9.59 Å². The highest BCUT2D eigenvalue weighted by Gasteiger charge is 2.39. The van der Waals surface area contributed by atoms with Crippen LogP contribution in [0.4, 0.5) is 4.79 Å². The van der Waals surface area contributed by atoms with Gasteiger partial charge in [-0.2, -0.15) is 0 Å². The summed E-state index contributed by atoms with van der Waals surface area (Å²) in [5.74, 6) is -0.0954. The summed E-state index contributed by atoms with van der Waals surface area (Å²) in [7, 11) is 3.18. The van der Waals surface area contributed by atoms with Crippen LogP contribution in [0.2, 0.25) is 0 Å². The second-order valence-corrected chi connectivity index (χ2v) is 7.53. The van der Waals surface area contributed by atoms with E-state index in [0.29, 0.717) is 13.0 Å². The Morgan fingerprint density at radius 3 is 1.88 bits per heavy atom. The molecule has 2 fully saturated rings. The van der Waals surface area contributed by atoms with E-state index in [-0.39, 0.29) is 29.9 Å². The first kappa shape index (κ1) is 33.8. The number of hydrogen-bond donors (Lipinski definition) is 1. The number of likely N-dealkylation sites (N-methyl/N-ethyl adjacent to an activating group) is 1. The number of nitrogens with zero attached hydrogens (tertiary/aromatic N) is 3. The van der Waals surface area contributed by atoms with Gasteiger partial charge in [0.15, 0.2) is 0 Å². The number of piperidine rings is 1. The number of aryl methyl sites for hydroxylation is 1. The Balaban J connectivity index is 0. The van der Waals surface area contributed by atoms with Gasteiger partial charge in [0.05, 0.1) is 6.54 Å². The maximum Gasteiger partial charge on any atom is 0.326 e. The average Bonchev–Trinajstić information content (AvgIpc) is 2.88. The topological polar surface area (TPSA) is 73.0 Å². The van der Waals surface area contributed by atoms with E-state index in [2.05, 4.69) is 29.3 Å². The summed E-state index contributed by atoms with van der Waals surface area (Å²) >= 11 is 0. The highest BCUT2D eigenvalue weighted by atomic mass is 16.2. The van der Waals surface area contributed by atoms with Gasteiger partial charge in [-0.25, -0.2) is 4.79 Å². The quantitative estimate of drug-likeness (QED) is 0.668. The molecule has 34 heavy (non-hydrogen) atoms. The number of likely N-dealkylation sites (tertiary alicyclic amines) is 1. The Hall–Kier alpha value is -2.41. The Kier molecular flexibility index (Phi) is 19.9. The molecule has 1 N–H and O–H groups in total. The van der Waals surface area contributed by atoms with E-state index in [9.17, 15) is 14.4 Å². The lowest BCUT2D eigenvalue weighted by Gasteiger charge is -2.45. The van der Waals surface area contributed by atoms with Gasteiger partial charge in [-0.1, -0.05) is 77.4 Å². The number of rotatable bonds is 3. The predicted molar refractivity (Wildman–Crippen MR) is 143 cm³/mol. The van der Waals surface area contributed by atoms with Gasteiger partial charge in [-0.15, -0.1) is 0 Å². The van der Waals surface area contributed by atoms with Crippen molar-refractivity contribution < 1.29 is 14.4 Å². The number of benzene rings is 1. The molecule has 1 unspecified atom stereocenters. The minimum absolute atomic E-state index is 0.0150. The van der Waals surface area contributed by atoms with Gasteiger partial charge in [0, 0.05) is 45.7 Å². The lowest BCUT2D eigenvalue weighted by molar-refractivity contribution is -0.132. The zero-order chi connectivity index (χ0) is 26.7. The van der Waals surface area contributed by atoms with E-state index in [1.807, 2.05) is 71.6 Å². The summed E-state index contributed by atoms with van der Waals surface area (Å²) in [6.45, 7) is 18.0. The molecule has 0 spiro atoms. The molecule has 196 valence electrons. The normalized spacial score (nSPS) is 18.0. The zero-order valence-electron chi connectivity index (χ0n) is 23.4. The van der Waals surface area contributed by atoms with Gasteiger partial charge in [0.2, 0.25) is 11.8 Å². The largest absolute Gasteiger partial charge is 0.358 e. The van der Waals surface area contributed by atoms with E-state index in [1.165, 1.54) is 10.5 Å². The van der Waals surface area contributed by atoms with Gasteiger partial charge < -0.3 is 10.2 Å². The molecule has 0 radical (unpaired) electrons. The van der Waals surface area contributed by atoms with Crippen LogP contribution in [-0.4, -0.2) is 78.4 Å². The SMILES string of the molecule is CC.CC.CC.CNC(=O)CN1CCC(N2C(=O)N(C)C(=O)CC2C)CC1.Cc1ccccc1. The fraction of sp³-hybridized carbons (Fsp3) is 0.667. The van der Waals surface area contributed by atoms with E-state index in [0.717, 1.165) is 25.9 Å². The third-order valence-corrected chi connectivity index (χ3v) is 5.36. The Bertz CT molecular complexity index is 674. The van der Waals surface area contributed by atoms with Gasteiger partial charge >= 0.3 is 6.03 Å². The standard InChI is InChI=1S/C14H24N4O3.C7H8.3C2H6/c1-10-8-13(20)16(3)14(21)18(10)11-4-6-17(7-5-11)9-12(19)15-2;1-7-5-3-2-4-6-7;3*1-2/h10-11H,4-9H2,1-3H3,(H,15,19);2-6H,1H3;3*1-2H3. The number of carbonyl (C=O) groups is 3. The molecule has 0 bridgehead atoms. The highest BCUT2D eigenvalue weighted by Crippen LogP contribution is 2.25. The van der Waals surface area contributed by atoms with Gasteiger partial charge in [0.1, 0.15) is 0 Å². The summed E-state index contributed by atoms with van der Waals surface area (Å²) in [6.07, 6.45) is 2.07.